The van der Waals surface area contributed by atoms with Gasteiger partial charge in [0.15, 0.2) is 0 Å². The third-order valence-corrected chi connectivity index (χ3v) is 18.8. The number of nitrogens with one attached hydrogen (secondary N) is 6. The van der Waals surface area contributed by atoms with Gasteiger partial charge < -0.3 is 56.6 Å². The first-order chi connectivity index (χ1) is 45.9. The molecule has 0 fully saturated rings. The summed E-state index contributed by atoms with van der Waals surface area (Å²) in [4.78, 5) is 124. The fourth-order valence-corrected chi connectivity index (χ4v) is 7.25. The van der Waals surface area contributed by atoms with Gasteiger partial charge >= 0.3 is 29.8 Å². The summed E-state index contributed by atoms with van der Waals surface area (Å²) in [6.45, 7) is 40.7. The Labute approximate surface area is 599 Å². The lowest BCUT2D eigenvalue weighted by Gasteiger charge is -2.21. The number of hydrogen-bond donors (Lipinski definition) is 11. The fourth-order valence-electron chi connectivity index (χ4n) is 5.74. The number of carbonyl (C=O) groups excluding carboxylic acids is 7. The molecular weight excluding hydrogens is 1350 g/mol. The Morgan fingerprint density at radius 3 is 1.11 bits per heavy atom. The Morgan fingerprint density at radius 1 is 0.505 bits per heavy atom. The fraction of sp³-hybridized carbons (Fsp3) is 0.592. The normalized spacial score (nSPS) is 12.0. The number of sulfonamides is 2. The first kappa shape index (κ1) is 99.0. The number of nitrogens with two attached hydrogens (primary N) is 1. The summed E-state index contributed by atoms with van der Waals surface area (Å²) in [5.41, 5.74) is -0.872. The molecule has 574 valence electrons. The van der Waals surface area contributed by atoms with Gasteiger partial charge in [0.25, 0.3) is 10.0 Å². The number of aromatic carboxylic acids is 1. The van der Waals surface area contributed by atoms with Gasteiger partial charge in [0.2, 0.25) is 45.5 Å². The monoisotopic (exact) mass is 1470 g/mol. The Bertz CT molecular complexity index is 3390. The molecule has 12 N–H and O–H groups in total. The van der Waals surface area contributed by atoms with Crippen LogP contribution in [0.15, 0.2) is 82.6 Å². The molecule has 0 saturated carbocycles. The molecule has 28 nitrogen and oxygen atoms in total. The minimum absolute atomic E-state index is 0.0234. The second-order valence-electron chi connectivity index (χ2n) is 27.6. The van der Waals surface area contributed by atoms with Gasteiger partial charge in [-0.15, -0.1) is 0 Å². The first-order valence-corrected chi connectivity index (χ1v) is 36.1. The van der Waals surface area contributed by atoms with Crippen LogP contribution in [0.4, 0.5) is 17.1 Å². The Morgan fingerprint density at radius 2 is 0.842 bits per heavy atom. The van der Waals surface area contributed by atoms with Crippen LogP contribution in [-0.2, 0) is 72.7 Å². The maximum Gasteiger partial charge on any atom is 0.335 e. The average molecular weight is 1470 g/mol. The number of primary sulfonamides is 1. The van der Waals surface area contributed by atoms with Crippen molar-refractivity contribution in [2.45, 2.75) is 213 Å². The maximum absolute atomic E-state index is 12.0. The molecule has 0 aliphatic rings. The topological polar surface area (TPSA) is 448 Å². The number of esters is 1. The Kier molecular flexibility index (Phi) is 44.6. The van der Waals surface area contributed by atoms with Crippen molar-refractivity contribution in [1.82, 2.24) is 20.3 Å². The number of likely N-dealkylation sites (N-methyl/N-ethyl adjacent to an activating group) is 1. The SMILES string of the molecule is CCC(C)(C)C(=O)NCC(=O)O.CCC(C)(C)C(=O)Nc1ccc(C(=O)O)cc1.CCC(C)(C)C(=O)Nc1ccc(S(=O)(=O)NC(C)=O)cc1.CCC(C)(C)C(=O)Nc1ccc(S(N)(=O)=O)cc1.CCC(C)(C)C(=O)O.CCC(C)(C)C(=O)OCCN(C)C.CCC(C)C(=O)NC(C)C(=O)O. The zero-order valence-electron chi connectivity index (χ0n) is 63.8. The van der Waals surface area contributed by atoms with Gasteiger partial charge in [0.1, 0.15) is 19.2 Å². The molecule has 6 amide bonds. The molecule has 0 aromatic heterocycles. The van der Waals surface area contributed by atoms with Gasteiger partial charge in [-0.3, -0.25) is 47.9 Å². The number of carboxylic acid groups (broad SMARTS) is 4. The summed E-state index contributed by atoms with van der Waals surface area (Å²) in [5.74, 6) is -5.32. The number of benzene rings is 3. The number of amides is 6. The third kappa shape index (κ3) is 41.2. The van der Waals surface area contributed by atoms with Crippen molar-refractivity contribution >= 4 is 102 Å². The van der Waals surface area contributed by atoms with E-state index in [1.54, 1.807) is 46.8 Å². The largest absolute Gasteiger partial charge is 0.481 e. The maximum atomic E-state index is 12.0. The van der Waals surface area contributed by atoms with Gasteiger partial charge in [-0.1, -0.05) is 111 Å². The highest BCUT2D eigenvalue weighted by Gasteiger charge is 2.30. The summed E-state index contributed by atoms with van der Waals surface area (Å²) < 4.78 is 52.7. The molecular formula is C71H118N8O20S2. The summed E-state index contributed by atoms with van der Waals surface area (Å²) in [6.07, 6.45) is 5.06. The van der Waals surface area contributed by atoms with Crippen LogP contribution in [-0.4, -0.2) is 147 Å². The summed E-state index contributed by atoms with van der Waals surface area (Å²) >= 11 is 0. The van der Waals surface area contributed by atoms with Gasteiger partial charge in [0, 0.05) is 58.1 Å². The predicted octanol–water partition coefficient (Wildman–Crippen LogP) is 10.6. The van der Waals surface area contributed by atoms with Crippen LogP contribution in [0.1, 0.15) is 208 Å². The van der Waals surface area contributed by atoms with Gasteiger partial charge in [-0.25, -0.2) is 31.5 Å². The number of carbonyl (C=O) groups is 11. The van der Waals surface area contributed by atoms with Crippen molar-refractivity contribution in [3.05, 3.63) is 78.4 Å². The zero-order chi connectivity index (χ0) is 80.1. The predicted molar refractivity (Wildman–Crippen MR) is 391 cm³/mol. The minimum Gasteiger partial charge on any atom is -0.481 e. The number of carboxylic acids is 4. The molecule has 30 heteroatoms. The van der Waals surface area contributed by atoms with Crippen molar-refractivity contribution in [1.29, 1.82) is 0 Å². The molecule has 0 spiro atoms. The zero-order valence-corrected chi connectivity index (χ0v) is 65.4. The standard InChI is InChI=1S/C14H20N2O4S.C13H17NO3.C12H18N2O3S.C10H21NO2.2C8H15NO3.C6H12O2/c1-5-14(3,4)13(18)15-11-6-8-12(9-7-11)21(19,20)16-10(2)17;1-4-13(2,3)12(17)14-10-7-5-9(6-8-10)11(15)16;1-4-12(2,3)11(15)14-9-5-7-10(8-6-9)18(13,16)17;1-6-10(2,3)9(12)13-8-7-11(4)5;1-4-8(2,3)7(12)9-5-6(10)11;1-4-5(2)7(10)9-6(3)8(11)12;1-4-6(2,3)5(7)8/h6-9H,5H2,1-4H3,(H,15,18)(H,16,17);5-8H,4H2,1-3H3,(H,14,17)(H,15,16);5-8H,4H2,1-3H3,(H,14,15)(H2,13,16,17);6-8H2,1-5H3;4-5H2,1-3H3,(H,9,12)(H,10,11);5-6H,4H2,1-3H3,(H,9,10)(H,11,12);4H2,1-3H3,(H,7,8). The van der Waals surface area contributed by atoms with Crippen LogP contribution in [0, 0.1) is 38.4 Å². The van der Waals surface area contributed by atoms with Crippen LogP contribution >= 0.6 is 0 Å². The molecule has 2 atom stereocenters. The summed E-state index contributed by atoms with van der Waals surface area (Å²) in [5, 5.41) is 51.9. The molecule has 3 aromatic rings. The van der Waals surface area contributed by atoms with Gasteiger partial charge in [-0.2, -0.15) is 0 Å². The average Bonchev–Trinajstić information content (AvgIpc) is 0.840. The van der Waals surface area contributed by atoms with E-state index in [0.29, 0.717) is 49.4 Å². The molecule has 0 saturated heterocycles. The number of rotatable bonds is 28. The van der Waals surface area contributed by atoms with E-state index in [2.05, 4.69) is 26.6 Å². The van der Waals surface area contributed by atoms with Crippen LogP contribution < -0.4 is 36.4 Å². The lowest BCUT2D eigenvalue weighted by atomic mass is 9.89. The van der Waals surface area contributed by atoms with E-state index in [-0.39, 0.29) is 68.7 Å². The number of anilines is 3. The lowest BCUT2D eigenvalue weighted by Crippen LogP contribution is -2.40. The molecule has 0 aliphatic heterocycles. The molecule has 0 bridgehead atoms. The highest BCUT2D eigenvalue weighted by Crippen LogP contribution is 2.27. The Balaban J connectivity index is -0.000000553. The van der Waals surface area contributed by atoms with Gasteiger partial charge in [0.05, 0.1) is 26.2 Å². The highest BCUT2D eigenvalue weighted by molar-refractivity contribution is 7.90. The van der Waals surface area contributed by atoms with Crippen LogP contribution in [0.2, 0.25) is 0 Å². The molecule has 2 unspecified atom stereocenters. The van der Waals surface area contributed by atoms with Gasteiger partial charge in [-0.05, 0) is 166 Å². The number of hydrogen-bond acceptors (Lipinski definition) is 17. The van der Waals surface area contributed by atoms with E-state index in [1.165, 1.54) is 67.6 Å². The van der Waals surface area contributed by atoms with Crippen LogP contribution in [0.5, 0.6) is 0 Å². The quantitative estimate of drug-likeness (QED) is 0.0301. The van der Waals surface area contributed by atoms with Crippen molar-refractivity contribution in [3.63, 3.8) is 0 Å². The third-order valence-electron chi connectivity index (χ3n) is 16.4. The van der Waals surface area contributed by atoms with E-state index in [1.807, 2.05) is 128 Å². The molecule has 101 heavy (non-hydrogen) atoms. The molecule has 3 rings (SSSR count). The summed E-state index contributed by atoms with van der Waals surface area (Å²) in [7, 11) is -3.63. The van der Waals surface area contributed by atoms with Crippen molar-refractivity contribution in [3.8, 4) is 0 Å². The molecule has 0 heterocycles. The number of nitrogens with zero attached hydrogens (tertiary/aromatic N) is 1. The lowest BCUT2D eigenvalue weighted by molar-refractivity contribution is -0.154. The number of aliphatic carboxylic acids is 3. The van der Waals surface area contributed by atoms with Crippen LogP contribution in [0.3, 0.4) is 0 Å². The smallest absolute Gasteiger partial charge is 0.335 e. The molecule has 0 aliphatic carbocycles. The van der Waals surface area contributed by atoms with Crippen LogP contribution in [0.25, 0.3) is 0 Å². The molecule has 3 aromatic carbocycles. The van der Waals surface area contributed by atoms with E-state index in [4.69, 9.17) is 30.3 Å². The van der Waals surface area contributed by atoms with Crippen molar-refractivity contribution < 1.29 is 94.7 Å². The van der Waals surface area contributed by atoms with E-state index in [0.717, 1.165) is 32.7 Å². The minimum atomic E-state index is -3.85. The number of ether oxygens (including phenoxy) is 1. The highest BCUT2D eigenvalue weighted by atomic mass is 32.2. The van der Waals surface area contributed by atoms with E-state index in [9.17, 15) is 69.6 Å². The first-order valence-electron chi connectivity index (χ1n) is 33.0. The second-order valence-corrected chi connectivity index (χ2v) is 30.9. The second kappa shape index (κ2) is 45.5. The van der Waals surface area contributed by atoms with E-state index < -0.39 is 82.9 Å². The Hall–Kier alpha value is -8.35. The molecule has 0 radical (unpaired) electrons. The van der Waals surface area contributed by atoms with Crippen molar-refractivity contribution in [2.24, 2.45) is 43.5 Å². The van der Waals surface area contributed by atoms with Crippen molar-refractivity contribution in [2.75, 3.05) is 49.7 Å². The summed E-state index contributed by atoms with van der Waals surface area (Å²) in [6, 6.07) is 16.7. The van der Waals surface area contributed by atoms with E-state index >= 15 is 0 Å².